The molecule has 0 bridgehead atoms. The summed E-state index contributed by atoms with van der Waals surface area (Å²) in [4.78, 5) is 8.08. The SMILES string of the molecule is COc1cc(OC)c(F)c(-c2cc3cnc(N)cc3cn2)c1F. The number of hydrogen-bond donors (Lipinski definition) is 1. The number of pyridine rings is 2. The van der Waals surface area contributed by atoms with Gasteiger partial charge in [-0.1, -0.05) is 0 Å². The number of methoxy groups -OCH3 is 2. The Balaban J connectivity index is 2.27. The number of nitrogens with zero attached hydrogens (tertiary/aromatic N) is 2. The fraction of sp³-hybridized carbons (Fsp3) is 0.125. The molecule has 2 aromatic heterocycles. The summed E-state index contributed by atoms with van der Waals surface area (Å²) in [5, 5.41) is 1.38. The number of fused-ring (bicyclic) bond motifs is 1. The van der Waals surface area contributed by atoms with Crippen LogP contribution in [0.15, 0.2) is 30.6 Å². The maximum absolute atomic E-state index is 14.5. The van der Waals surface area contributed by atoms with Crippen LogP contribution in [-0.4, -0.2) is 24.2 Å². The van der Waals surface area contributed by atoms with Crippen LogP contribution in [0.4, 0.5) is 14.6 Å². The van der Waals surface area contributed by atoms with Gasteiger partial charge >= 0.3 is 0 Å². The molecule has 0 saturated carbocycles. The third kappa shape index (κ3) is 2.50. The van der Waals surface area contributed by atoms with Crippen LogP contribution in [0.25, 0.3) is 22.0 Å². The molecule has 0 saturated heterocycles. The molecule has 3 aromatic rings. The van der Waals surface area contributed by atoms with Crippen molar-refractivity contribution >= 4 is 16.6 Å². The zero-order chi connectivity index (χ0) is 16.6. The quantitative estimate of drug-likeness (QED) is 0.803. The Morgan fingerprint density at radius 3 is 2.04 bits per heavy atom. The van der Waals surface area contributed by atoms with Crippen LogP contribution < -0.4 is 15.2 Å². The van der Waals surface area contributed by atoms with Gasteiger partial charge in [-0.2, -0.15) is 0 Å². The van der Waals surface area contributed by atoms with E-state index in [1.54, 1.807) is 6.07 Å². The van der Waals surface area contributed by atoms with Gasteiger partial charge in [-0.15, -0.1) is 0 Å². The molecule has 0 spiro atoms. The van der Waals surface area contributed by atoms with Crippen molar-refractivity contribution in [1.29, 1.82) is 0 Å². The normalized spacial score (nSPS) is 10.8. The van der Waals surface area contributed by atoms with Gasteiger partial charge in [-0.25, -0.2) is 13.8 Å². The van der Waals surface area contributed by atoms with Crippen LogP contribution in [-0.2, 0) is 0 Å². The average Bonchev–Trinajstić information content (AvgIpc) is 2.55. The highest BCUT2D eigenvalue weighted by molar-refractivity contribution is 5.86. The first kappa shape index (κ1) is 15.0. The molecule has 23 heavy (non-hydrogen) atoms. The summed E-state index contributed by atoms with van der Waals surface area (Å²) in [5.74, 6) is -1.61. The van der Waals surface area contributed by atoms with Crippen LogP contribution in [0.1, 0.15) is 0 Å². The molecule has 0 atom stereocenters. The Hall–Kier alpha value is -2.96. The van der Waals surface area contributed by atoms with E-state index in [0.29, 0.717) is 11.2 Å². The number of anilines is 1. The molecule has 3 rings (SSSR count). The fourth-order valence-electron chi connectivity index (χ4n) is 2.30. The van der Waals surface area contributed by atoms with E-state index >= 15 is 0 Å². The maximum Gasteiger partial charge on any atom is 0.177 e. The van der Waals surface area contributed by atoms with E-state index in [9.17, 15) is 8.78 Å². The van der Waals surface area contributed by atoms with Gasteiger partial charge in [0.1, 0.15) is 5.82 Å². The molecule has 0 amide bonds. The fourth-order valence-corrected chi connectivity index (χ4v) is 2.30. The summed E-state index contributed by atoms with van der Waals surface area (Å²) in [5.41, 5.74) is 5.39. The highest BCUT2D eigenvalue weighted by Crippen LogP contribution is 2.37. The highest BCUT2D eigenvalue weighted by Gasteiger charge is 2.22. The summed E-state index contributed by atoms with van der Waals surface area (Å²) in [6.07, 6.45) is 3.00. The largest absolute Gasteiger partial charge is 0.494 e. The third-order valence-electron chi connectivity index (χ3n) is 3.45. The first-order chi connectivity index (χ1) is 11.0. The van der Waals surface area contributed by atoms with Crippen molar-refractivity contribution in [2.24, 2.45) is 0 Å². The number of ether oxygens (including phenoxy) is 2. The molecule has 2 N–H and O–H groups in total. The minimum Gasteiger partial charge on any atom is -0.494 e. The number of nitrogen functional groups attached to an aromatic ring is 1. The van der Waals surface area contributed by atoms with Crippen molar-refractivity contribution in [2.75, 3.05) is 20.0 Å². The molecule has 1 aromatic carbocycles. The van der Waals surface area contributed by atoms with E-state index in [1.807, 2.05) is 0 Å². The van der Waals surface area contributed by atoms with E-state index in [4.69, 9.17) is 15.2 Å². The summed E-state index contributed by atoms with van der Waals surface area (Å²) in [7, 11) is 2.58. The number of halogens is 2. The highest BCUT2D eigenvalue weighted by atomic mass is 19.1. The van der Waals surface area contributed by atoms with Gasteiger partial charge in [0.15, 0.2) is 23.1 Å². The first-order valence-corrected chi connectivity index (χ1v) is 6.66. The van der Waals surface area contributed by atoms with Gasteiger partial charge in [-0.05, 0) is 12.1 Å². The average molecular weight is 317 g/mol. The van der Waals surface area contributed by atoms with E-state index in [-0.39, 0.29) is 22.8 Å². The molecular formula is C16H13F2N3O2. The minimum absolute atomic E-state index is 0.108. The molecular weight excluding hydrogens is 304 g/mol. The lowest BCUT2D eigenvalue weighted by atomic mass is 10.1. The summed E-state index contributed by atoms with van der Waals surface area (Å²) in [6.45, 7) is 0. The summed E-state index contributed by atoms with van der Waals surface area (Å²) < 4.78 is 38.9. The molecule has 0 fully saturated rings. The predicted octanol–water partition coefficient (Wildman–Crippen LogP) is 3.17. The Bertz CT molecular complexity index is 872. The van der Waals surface area contributed by atoms with Gasteiger partial charge in [0.05, 0.1) is 25.5 Å². The molecule has 7 heteroatoms. The number of rotatable bonds is 3. The Morgan fingerprint density at radius 1 is 0.870 bits per heavy atom. The number of benzene rings is 1. The lowest BCUT2D eigenvalue weighted by molar-refractivity contribution is 0.359. The zero-order valence-electron chi connectivity index (χ0n) is 12.4. The summed E-state index contributed by atoms with van der Waals surface area (Å²) in [6, 6.07) is 4.31. The van der Waals surface area contributed by atoms with Crippen molar-refractivity contribution < 1.29 is 18.3 Å². The Labute approximate surface area is 130 Å². The van der Waals surface area contributed by atoms with Crippen LogP contribution in [0.2, 0.25) is 0 Å². The van der Waals surface area contributed by atoms with Crippen molar-refractivity contribution in [3.05, 3.63) is 42.2 Å². The second kappa shape index (κ2) is 5.68. The van der Waals surface area contributed by atoms with E-state index in [0.717, 1.165) is 11.5 Å². The standard InChI is InChI=1S/C16H13F2N3O2/c1-22-11-5-12(23-2)16(18)14(15(11)17)10-3-8-7-21-13(19)4-9(8)6-20-10/h3-7H,1-2H3,(H2,19,21). The molecule has 0 aliphatic rings. The van der Waals surface area contributed by atoms with E-state index in [1.165, 1.54) is 32.7 Å². The smallest absolute Gasteiger partial charge is 0.177 e. The van der Waals surface area contributed by atoms with Crippen LogP contribution in [0.5, 0.6) is 11.5 Å². The lowest BCUT2D eigenvalue weighted by Gasteiger charge is -2.12. The summed E-state index contributed by atoms with van der Waals surface area (Å²) >= 11 is 0. The minimum atomic E-state index is -0.846. The van der Waals surface area contributed by atoms with Gasteiger partial charge < -0.3 is 15.2 Å². The van der Waals surface area contributed by atoms with E-state index < -0.39 is 11.6 Å². The van der Waals surface area contributed by atoms with Crippen LogP contribution in [0, 0.1) is 11.6 Å². The van der Waals surface area contributed by atoms with E-state index in [2.05, 4.69) is 9.97 Å². The van der Waals surface area contributed by atoms with Crippen LogP contribution in [0.3, 0.4) is 0 Å². The Kier molecular flexibility index (Phi) is 3.69. The molecule has 0 aliphatic carbocycles. The zero-order valence-corrected chi connectivity index (χ0v) is 12.4. The van der Waals surface area contributed by atoms with Gasteiger partial charge in [0.2, 0.25) is 0 Å². The molecule has 0 aliphatic heterocycles. The number of aromatic nitrogens is 2. The Morgan fingerprint density at radius 2 is 1.43 bits per heavy atom. The van der Waals surface area contributed by atoms with Crippen LogP contribution >= 0.6 is 0 Å². The van der Waals surface area contributed by atoms with Gasteiger partial charge in [0.25, 0.3) is 0 Å². The predicted molar refractivity (Wildman–Crippen MR) is 82.4 cm³/mol. The molecule has 118 valence electrons. The molecule has 5 nitrogen and oxygen atoms in total. The third-order valence-corrected chi connectivity index (χ3v) is 3.45. The second-order valence-corrected chi connectivity index (χ2v) is 4.81. The van der Waals surface area contributed by atoms with Crippen molar-refractivity contribution in [3.8, 4) is 22.8 Å². The lowest BCUT2D eigenvalue weighted by Crippen LogP contribution is -2.00. The van der Waals surface area contributed by atoms with Gasteiger partial charge in [0, 0.05) is 29.2 Å². The molecule has 2 heterocycles. The number of nitrogens with two attached hydrogens (primary N) is 1. The number of hydrogen-bond acceptors (Lipinski definition) is 5. The topological polar surface area (TPSA) is 70.3 Å². The first-order valence-electron chi connectivity index (χ1n) is 6.66. The molecule has 0 radical (unpaired) electrons. The van der Waals surface area contributed by atoms with Crippen molar-refractivity contribution in [3.63, 3.8) is 0 Å². The van der Waals surface area contributed by atoms with Crippen molar-refractivity contribution in [2.45, 2.75) is 0 Å². The van der Waals surface area contributed by atoms with Gasteiger partial charge in [-0.3, -0.25) is 4.98 Å². The monoisotopic (exact) mass is 317 g/mol. The van der Waals surface area contributed by atoms with Crippen molar-refractivity contribution in [1.82, 2.24) is 9.97 Å². The second-order valence-electron chi connectivity index (χ2n) is 4.81. The maximum atomic E-state index is 14.5. The molecule has 0 unspecified atom stereocenters.